The smallest absolute Gasteiger partial charge is 0.337 e. The number of nitrogens with one attached hydrogen (secondary N) is 1. The van der Waals surface area contributed by atoms with Gasteiger partial charge in [-0.3, -0.25) is 9.59 Å². The molecule has 0 aliphatic heterocycles. The Kier molecular flexibility index (Phi) is 6.32. The molecule has 0 aromatic heterocycles. The van der Waals surface area contributed by atoms with Crippen molar-refractivity contribution in [2.75, 3.05) is 14.2 Å². The molecule has 1 atom stereocenters. The van der Waals surface area contributed by atoms with Gasteiger partial charge in [0.05, 0.1) is 19.8 Å². The molecule has 0 spiro atoms. The molecule has 0 aliphatic carbocycles. The number of hydrogen-bond donors (Lipinski definition) is 2. The van der Waals surface area contributed by atoms with Crippen LogP contribution < -0.4 is 15.8 Å². The molecule has 0 heterocycles. The Morgan fingerprint density at radius 2 is 1.73 bits per heavy atom. The van der Waals surface area contributed by atoms with Gasteiger partial charge in [-0.25, -0.2) is 4.79 Å². The molecule has 0 radical (unpaired) electrons. The highest BCUT2D eigenvalue weighted by Gasteiger charge is 2.21. The van der Waals surface area contributed by atoms with Crippen LogP contribution in [-0.2, 0) is 16.0 Å². The molecular weight excluding hydrogens is 336 g/mol. The molecule has 0 saturated heterocycles. The first-order valence-electron chi connectivity index (χ1n) is 7.86. The van der Waals surface area contributed by atoms with Crippen LogP contribution in [0, 0.1) is 0 Å². The molecule has 7 heteroatoms. The van der Waals surface area contributed by atoms with E-state index in [2.05, 4.69) is 10.1 Å². The van der Waals surface area contributed by atoms with E-state index < -0.39 is 23.8 Å². The van der Waals surface area contributed by atoms with Crippen molar-refractivity contribution < 1.29 is 23.9 Å². The number of rotatable bonds is 7. The number of amides is 2. The average molecular weight is 356 g/mol. The third-order valence-corrected chi connectivity index (χ3v) is 3.81. The number of carbonyl (C=O) groups excluding carboxylic acids is 3. The lowest BCUT2D eigenvalue weighted by molar-refractivity contribution is -0.119. The second kappa shape index (κ2) is 8.66. The zero-order valence-electron chi connectivity index (χ0n) is 14.5. The minimum absolute atomic E-state index is 0.182. The highest BCUT2D eigenvalue weighted by atomic mass is 16.5. The quantitative estimate of drug-likeness (QED) is 0.727. The van der Waals surface area contributed by atoms with Gasteiger partial charge >= 0.3 is 5.97 Å². The van der Waals surface area contributed by atoms with E-state index in [0.717, 1.165) is 5.56 Å². The van der Waals surface area contributed by atoms with Crippen LogP contribution in [-0.4, -0.2) is 38.0 Å². The van der Waals surface area contributed by atoms with Gasteiger partial charge in [0, 0.05) is 12.0 Å². The summed E-state index contributed by atoms with van der Waals surface area (Å²) in [6.07, 6.45) is 0.182. The maximum absolute atomic E-state index is 12.5. The summed E-state index contributed by atoms with van der Waals surface area (Å²) in [6, 6.07) is 12.2. The summed E-state index contributed by atoms with van der Waals surface area (Å²) in [4.78, 5) is 35.8. The van der Waals surface area contributed by atoms with Crippen molar-refractivity contribution in [3.05, 3.63) is 65.2 Å². The number of esters is 1. The van der Waals surface area contributed by atoms with E-state index in [0.29, 0.717) is 5.75 Å². The second-order valence-electron chi connectivity index (χ2n) is 5.52. The molecule has 0 unspecified atom stereocenters. The van der Waals surface area contributed by atoms with E-state index in [1.807, 2.05) is 0 Å². The maximum atomic E-state index is 12.5. The number of methoxy groups -OCH3 is 2. The average Bonchev–Trinajstić information content (AvgIpc) is 2.67. The van der Waals surface area contributed by atoms with Gasteiger partial charge in [-0.15, -0.1) is 0 Å². The first kappa shape index (κ1) is 19.0. The molecule has 0 aliphatic rings. The number of nitrogens with two attached hydrogens (primary N) is 1. The van der Waals surface area contributed by atoms with Crippen molar-refractivity contribution in [1.29, 1.82) is 0 Å². The van der Waals surface area contributed by atoms with E-state index in [9.17, 15) is 14.4 Å². The molecule has 0 saturated carbocycles. The fraction of sp³-hybridized carbons (Fsp3) is 0.211. The number of para-hydroxylation sites is 1. The Morgan fingerprint density at radius 3 is 2.38 bits per heavy atom. The first-order valence-corrected chi connectivity index (χ1v) is 7.86. The Morgan fingerprint density at radius 1 is 1.04 bits per heavy atom. The molecule has 2 aromatic rings. The Hall–Kier alpha value is -3.35. The number of hydrogen-bond acceptors (Lipinski definition) is 5. The highest BCUT2D eigenvalue weighted by molar-refractivity contribution is 5.99. The van der Waals surface area contributed by atoms with Crippen LogP contribution >= 0.6 is 0 Å². The summed E-state index contributed by atoms with van der Waals surface area (Å²) in [5.41, 5.74) is 6.63. The predicted molar refractivity (Wildman–Crippen MR) is 94.9 cm³/mol. The molecule has 0 fully saturated rings. The normalized spacial score (nSPS) is 11.3. The van der Waals surface area contributed by atoms with Gasteiger partial charge < -0.3 is 20.5 Å². The first-order chi connectivity index (χ1) is 12.5. The van der Waals surface area contributed by atoms with Gasteiger partial charge in [0.15, 0.2) is 0 Å². The molecule has 7 nitrogen and oxygen atoms in total. The van der Waals surface area contributed by atoms with Crippen LogP contribution in [0.1, 0.15) is 26.3 Å². The SMILES string of the molecule is COC(=O)c1cccc(C(=O)N[C@H](Cc2ccccc2OC)C(N)=O)c1. The summed E-state index contributed by atoms with van der Waals surface area (Å²) in [7, 11) is 2.78. The summed E-state index contributed by atoms with van der Waals surface area (Å²) in [5, 5.41) is 2.60. The molecule has 136 valence electrons. The molecule has 2 amide bonds. The standard InChI is InChI=1S/C19H20N2O5/c1-25-16-9-4-3-6-12(16)11-15(17(20)22)21-18(23)13-7-5-8-14(10-13)19(24)26-2/h3-10,15H,11H2,1-2H3,(H2,20,22)(H,21,23)/t15-/m1/s1. The van der Waals surface area contributed by atoms with Gasteiger partial charge in [-0.1, -0.05) is 24.3 Å². The lowest BCUT2D eigenvalue weighted by Gasteiger charge is -2.17. The molecule has 2 aromatic carbocycles. The van der Waals surface area contributed by atoms with Crippen molar-refractivity contribution in [3.63, 3.8) is 0 Å². The summed E-state index contributed by atoms with van der Waals surface area (Å²) < 4.78 is 9.89. The minimum Gasteiger partial charge on any atom is -0.496 e. The Balaban J connectivity index is 2.18. The lowest BCUT2D eigenvalue weighted by Crippen LogP contribution is -2.45. The maximum Gasteiger partial charge on any atom is 0.337 e. The van der Waals surface area contributed by atoms with Crippen molar-refractivity contribution in [1.82, 2.24) is 5.32 Å². The highest BCUT2D eigenvalue weighted by Crippen LogP contribution is 2.19. The van der Waals surface area contributed by atoms with Crippen molar-refractivity contribution >= 4 is 17.8 Å². The third-order valence-electron chi connectivity index (χ3n) is 3.81. The van der Waals surface area contributed by atoms with E-state index in [1.54, 1.807) is 30.3 Å². The number of benzene rings is 2. The van der Waals surface area contributed by atoms with Crippen LogP contribution in [0.5, 0.6) is 5.75 Å². The fourth-order valence-electron chi connectivity index (χ4n) is 2.46. The fourth-order valence-corrected chi connectivity index (χ4v) is 2.46. The summed E-state index contributed by atoms with van der Waals surface area (Å²) >= 11 is 0. The molecule has 0 bridgehead atoms. The van der Waals surface area contributed by atoms with E-state index in [-0.39, 0.29) is 17.5 Å². The molecule has 2 rings (SSSR count). The predicted octanol–water partition coefficient (Wildman–Crippen LogP) is 1.31. The lowest BCUT2D eigenvalue weighted by atomic mass is 10.0. The Labute approximate surface area is 151 Å². The Bertz CT molecular complexity index is 819. The van der Waals surface area contributed by atoms with Gasteiger partial charge in [-0.2, -0.15) is 0 Å². The van der Waals surface area contributed by atoms with Crippen LogP contribution in [0.3, 0.4) is 0 Å². The zero-order chi connectivity index (χ0) is 19.1. The second-order valence-corrected chi connectivity index (χ2v) is 5.52. The summed E-state index contributed by atoms with van der Waals surface area (Å²) in [6.45, 7) is 0. The largest absolute Gasteiger partial charge is 0.496 e. The van der Waals surface area contributed by atoms with Crippen LogP contribution in [0.25, 0.3) is 0 Å². The van der Waals surface area contributed by atoms with Crippen LogP contribution in [0.2, 0.25) is 0 Å². The van der Waals surface area contributed by atoms with Crippen LogP contribution in [0.15, 0.2) is 48.5 Å². The van der Waals surface area contributed by atoms with Gasteiger partial charge in [0.1, 0.15) is 11.8 Å². The zero-order valence-corrected chi connectivity index (χ0v) is 14.5. The number of ether oxygens (including phenoxy) is 2. The molecular formula is C19H20N2O5. The van der Waals surface area contributed by atoms with Crippen LogP contribution in [0.4, 0.5) is 0 Å². The number of primary amides is 1. The van der Waals surface area contributed by atoms with Gasteiger partial charge in [-0.05, 0) is 29.8 Å². The molecule has 26 heavy (non-hydrogen) atoms. The minimum atomic E-state index is -0.930. The van der Waals surface area contributed by atoms with E-state index >= 15 is 0 Å². The number of carbonyl (C=O) groups is 3. The van der Waals surface area contributed by atoms with Crippen molar-refractivity contribution in [2.24, 2.45) is 5.73 Å². The van der Waals surface area contributed by atoms with E-state index in [4.69, 9.17) is 10.5 Å². The van der Waals surface area contributed by atoms with Gasteiger partial charge in [0.25, 0.3) is 5.91 Å². The topological polar surface area (TPSA) is 108 Å². The van der Waals surface area contributed by atoms with Crippen molar-refractivity contribution in [3.8, 4) is 5.75 Å². The van der Waals surface area contributed by atoms with Gasteiger partial charge in [0.2, 0.25) is 5.91 Å². The molecule has 3 N–H and O–H groups in total. The summed E-state index contributed by atoms with van der Waals surface area (Å²) in [5.74, 6) is -1.15. The van der Waals surface area contributed by atoms with E-state index in [1.165, 1.54) is 32.4 Å². The monoisotopic (exact) mass is 356 g/mol. The van der Waals surface area contributed by atoms with Crippen molar-refractivity contribution in [2.45, 2.75) is 12.5 Å². The third kappa shape index (κ3) is 4.60.